The molecule has 0 bridgehead atoms. The maximum absolute atomic E-state index is 9.52. The molecule has 0 atom stereocenters. The second-order valence-corrected chi connectivity index (χ2v) is 9.58. The van der Waals surface area contributed by atoms with Crippen LogP contribution in [0.4, 0.5) is 0 Å². The second kappa shape index (κ2) is 8.72. The molecule has 1 heteroatoms. The van der Waals surface area contributed by atoms with Gasteiger partial charge in [0.05, 0.1) is 8.22 Å². The molecule has 0 aliphatic carbocycles. The first-order valence-electron chi connectivity index (χ1n) is 15.9. The Kier molecular flexibility index (Phi) is 3.72. The van der Waals surface area contributed by atoms with E-state index >= 15 is 0 Å². The fourth-order valence-electron chi connectivity index (χ4n) is 5.71. The van der Waals surface area contributed by atoms with Gasteiger partial charge >= 0.3 is 0 Å². The molecule has 1 nitrogen and oxygen atoms in total. The van der Waals surface area contributed by atoms with E-state index in [4.69, 9.17) is 8.53 Å². The minimum absolute atomic E-state index is 0.0394. The molecular weight excluding hydrogens is 472 g/mol. The van der Waals surface area contributed by atoms with E-state index in [-0.39, 0.29) is 58.4 Å². The van der Waals surface area contributed by atoms with Crippen molar-refractivity contribution in [2.45, 2.75) is 0 Å². The molecule has 0 amide bonds. The standard InChI is InChI=1S/C38H24O/c1-3-12-25(13-4-1)28-20-11-21-34-38(28)33-23-22-27(24-35(33)39-34)37-31-18-9-7-16-29(31)36(26-14-5-2-6-15-26)30-17-8-10-19-32(30)37/h1-24H/i11D,20D,21D,22D,23D,24D. The lowest BCUT2D eigenvalue weighted by molar-refractivity contribution is 0.669. The highest BCUT2D eigenvalue weighted by molar-refractivity contribution is 6.22. The third-order valence-corrected chi connectivity index (χ3v) is 7.38. The summed E-state index contributed by atoms with van der Waals surface area (Å²) < 4.78 is 60.5. The number of fused-ring (bicyclic) bond motifs is 5. The smallest absolute Gasteiger partial charge is 0.136 e. The van der Waals surface area contributed by atoms with Crippen LogP contribution in [-0.2, 0) is 0 Å². The van der Waals surface area contributed by atoms with Crippen molar-refractivity contribution in [1.82, 2.24) is 0 Å². The van der Waals surface area contributed by atoms with Gasteiger partial charge in [-0.3, -0.25) is 0 Å². The maximum Gasteiger partial charge on any atom is 0.136 e. The normalized spacial score (nSPS) is 13.7. The van der Waals surface area contributed by atoms with Crippen LogP contribution < -0.4 is 0 Å². The zero-order valence-electron chi connectivity index (χ0n) is 26.8. The van der Waals surface area contributed by atoms with Crippen LogP contribution in [0.1, 0.15) is 8.22 Å². The topological polar surface area (TPSA) is 13.1 Å². The van der Waals surface area contributed by atoms with E-state index in [1.54, 1.807) is 0 Å². The minimum atomic E-state index is -0.293. The number of hydrogen-bond donors (Lipinski definition) is 0. The molecule has 0 radical (unpaired) electrons. The molecule has 39 heavy (non-hydrogen) atoms. The molecule has 0 saturated carbocycles. The molecule has 0 N–H and O–H groups in total. The molecule has 8 rings (SSSR count). The van der Waals surface area contributed by atoms with Crippen molar-refractivity contribution in [3.05, 3.63) is 145 Å². The van der Waals surface area contributed by atoms with Crippen molar-refractivity contribution in [2.75, 3.05) is 0 Å². The van der Waals surface area contributed by atoms with Gasteiger partial charge in [0.1, 0.15) is 11.2 Å². The third kappa shape index (κ3) is 3.41. The van der Waals surface area contributed by atoms with E-state index < -0.39 is 0 Å². The van der Waals surface area contributed by atoms with Crippen LogP contribution in [0.3, 0.4) is 0 Å². The van der Waals surface area contributed by atoms with E-state index in [2.05, 4.69) is 12.1 Å². The highest BCUT2D eigenvalue weighted by Crippen LogP contribution is 2.45. The Hall–Kier alpha value is -5.14. The summed E-state index contributed by atoms with van der Waals surface area (Å²) in [7, 11) is 0. The first-order valence-corrected chi connectivity index (χ1v) is 12.9. The molecule has 0 fully saturated rings. The molecule has 182 valence electrons. The average molecular weight is 503 g/mol. The van der Waals surface area contributed by atoms with Gasteiger partial charge in [0.2, 0.25) is 0 Å². The lowest BCUT2D eigenvalue weighted by Gasteiger charge is -2.17. The van der Waals surface area contributed by atoms with Gasteiger partial charge in [-0.1, -0.05) is 127 Å². The van der Waals surface area contributed by atoms with E-state index in [1.165, 1.54) is 0 Å². The molecule has 0 unspecified atom stereocenters. The van der Waals surface area contributed by atoms with Crippen molar-refractivity contribution in [2.24, 2.45) is 0 Å². The van der Waals surface area contributed by atoms with Crippen LogP contribution >= 0.6 is 0 Å². The molecule has 7 aromatic carbocycles. The summed E-state index contributed by atoms with van der Waals surface area (Å²) >= 11 is 0. The first-order chi connectivity index (χ1) is 21.9. The first kappa shape index (κ1) is 16.7. The Bertz CT molecular complexity index is 2430. The molecule has 8 aromatic rings. The van der Waals surface area contributed by atoms with Crippen molar-refractivity contribution in [3.8, 4) is 33.4 Å². The van der Waals surface area contributed by atoms with E-state index in [0.717, 1.165) is 32.7 Å². The van der Waals surface area contributed by atoms with Gasteiger partial charge in [-0.05, 0) is 73.1 Å². The Labute approximate surface area is 235 Å². The number of furan rings is 1. The summed E-state index contributed by atoms with van der Waals surface area (Å²) in [4.78, 5) is 0. The Morgan fingerprint density at radius 2 is 0.974 bits per heavy atom. The summed E-state index contributed by atoms with van der Waals surface area (Å²) in [6.45, 7) is 0. The zero-order chi connectivity index (χ0) is 31.0. The monoisotopic (exact) mass is 502 g/mol. The third-order valence-electron chi connectivity index (χ3n) is 7.38. The van der Waals surface area contributed by atoms with Crippen molar-refractivity contribution in [1.29, 1.82) is 0 Å². The minimum Gasteiger partial charge on any atom is -0.456 e. The van der Waals surface area contributed by atoms with E-state index in [1.807, 2.05) is 97.1 Å². The quantitative estimate of drug-likeness (QED) is 0.219. The van der Waals surface area contributed by atoms with Crippen molar-refractivity contribution >= 4 is 43.5 Å². The van der Waals surface area contributed by atoms with Crippen LogP contribution in [0.2, 0.25) is 0 Å². The molecule has 0 aliphatic heterocycles. The predicted molar refractivity (Wildman–Crippen MR) is 165 cm³/mol. The molecule has 1 aromatic heterocycles. The fourth-order valence-corrected chi connectivity index (χ4v) is 5.71. The Balaban J connectivity index is 1.55. The van der Waals surface area contributed by atoms with Gasteiger partial charge in [0, 0.05) is 10.8 Å². The SMILES string of the molecule is [2H]c1c([2H])c(-c2ccccc2)c2c(oc3c([2H])c(-c4c5ccccc5c(-c5ccccc5)c5ccccc45)c([2H])c([2H])c32)c1[2H]. The summed E-state index contributed by atoms with van der Waals surface area (Å²) in [5.74, 6) is 0. The summed E-state index contributed by atoms with van der Waals surface area (Å²) in [5, 5.41) is 4.14. The lowest BCUT2D eigenvalue weighted by Crippen LogP contribution is -1.90. The van der Waals surface area contributed by atoms with Gasteiger partial charge in [0.25, 0.3) is 0 Å². The zero-order valence-corrected chi connectivity index (χ0v) is 20.8. The van der Waals surface area contributed by atoms with Crippen LogP contribution in [0.25, 0.3) is 76.9 Å². The molecule has 0 spiro atoms. The summed E-state index contributed by atoms with van der Waals surface area (Å²) in [5.41, 5.74) is 4.14. The van der Waals surface area contributed by atoms with Crippen LogP contribution in [0.5, 0.6) is 0 Å². The second-order valence-electron chi connectivity index (χ2n) is 9.58. The van der Waals surface area contributed by atoms with Crippen LogP contribution in [0.15, 0.2) is 150 Å². The van der Waals surface area contributed by atoms with Crippen molar-refractivity contribution < 1.29 is 12.6 Å². The predicted octanol–water partition coefficient (Wildman–Crippen LogP) is 10.9. The lowest BCUT2D eigenvalue weighted by atomic mass is 9.86. The average Bonchev–Trinajstić information content (AvgIpc) is 3.48. The fraction of sp³-hybridized carbons (Fsp3) is 0. The summed E-state index contributed by atoms with van der Waals surface area (Å²) in [6, 6.07) is 34.1. The van der Waals surface area contributed by atoms with Gasteiger partial charge in [-0.2, -0.15) is 0 Å². The van der Waals surface area contributed by atoms with Gasteiger partial charge < -0.3 is 4.42 Å². The molecule has 0 aliphatic rings. The summed E-state index contributed by atoms with van der Waals surface area (Å²) in [6.07, 6.45) is 0. The highest BCUT2D eigenvalue weighted by atomic mass is 16.3. The molecule has 1 heterocycles. The van der Waals surface area contributed by atoms with Crippen LogP contribution in [0, 0.1) is 0 Å². The number of benzene rings is 7. The van der Waals surface area contributed by atoms with E-state index in [0.29, 0.717) is 22.1 Å². The van der Waals surface area contributed by atoms with Crippen molar-refractivity contribution in [3.63, 3.8) is 0 Å². The number of rotatable bonds is 3. The van der Waals surface area contributed by atoms with Crippen LogP contribution in [-0.4, -0.2) is 0 Å². The highest BCUT2D eigenvalue weighted by Gasteiger charge is 2.18. The Morgan fingerprint density at radius 1 is 0.436 bits per heavy atom. The molecule has 0 saturated heterocycles. The van der Waals surface area contributed by atoms with Gasteiger partial charge in [0.15, 0.2) is 0 Å². The van der Waals surface area contributed by atoms with Gasteiger partial charge in [-0.25, -0.2) is 0 Å². The maximum atomic E-state index is 9.52. The largest absolute Gasteiger partial charge is 0.456 e. The molecular formula is C38H24O. The number of hydrogen-bond acceptors (Lipinski definition) is 1. The van der Waals surface area contributed by atoms with E-state index in [9.17, 15) is 4.11 Å². The Morgan fingerprint density at radius 3 is 1.59 bits per heavy atom. The van der Waals surface area contributed by atoms with Gasteiger partial charge in [-0.15, -0.1) is 0 Å².